The minimum atomic E-state index is -0.0637. The van der Waals surface area contributed by atoms with Gasteiger partial charge in [-0.2, -0.15) is 0 Å². The second-order valence-electron chi connectivity index (χ2n) is 4.14. The number of amides is 1. The summed E-state index contributed by atoms with van der Waals surface area (Å²) in [4.78, 5) is 13.8. The summed E-state index contributed by atoms with van der Waals surface area (Å²) in [6.07, 6.45) is 0.912. The molecular weight excluding hydrogens is 230 g/mol. The first-order chi connectivity index (χ1) is 8.60. The van der Waals surface area contributed by atoms with Gasteiger partial charge in [0.15, 0.2) is 0 Å². The van der Waals surface area contributed by atoms with Crippen molar-refractivity contribution < 1.29 is 9.53 Å². The SMILES string of the molecule is CNCCCN(C)C(=O)c1ccc(OC)cc1N. The molecule has 0 aliphatic rings. The van der Waals surface area contributed by atoms with E-state index in [1.165, 1.54) is 0 Å². The van der Waals surface area contributed by atoms with Crippen molar-refractivity contribution in [2.24, 2.45) is 0 Å². The number of carbonyl (C=O) groups excluding carboxylic acids is 1. The molecule has 5 nitrogen and oxygen atoms in total. The van der Waals surface area contributed by atoms with E-state index in [1.54, 1.807) is 37.3 Å². The van der Waals surface area contributed by atoms with Crippen molar-refractivity contribution in [2.45, 2.75) is 6.42 Å². The Hall–Kier alpha value is -1.75. The van der Waals surface area contributed by atoms with E-state index in [0.29, 0.717) is 23.5 Å². The molecule has 100 valence electrons. The highest BCUT2D eigenvalue weighted by Gasteiger charge is 2.14. The summed E-state index contributed by atoms with van der Waals surface area (Å²) in [6, 6.07) is 5.10. The van der Waals surface area contributed by atoms with Gasteiger partial charge >= 0.3 is 0 Å². The molecule has 1 amide bonds. The Bertz CT molecular complexity index is 407. The number of rotatable bonds is 6. The lowest BCUT2D eigenvalue weighted by atomic mass is 10.1. The fourth-order valence-electron chi connectivity index (χ4n) is 1.66. The summed E-state index contributed by atoms with van der Waals surface area (Å²) >= 11 is 0. The molecular formula is C13H21N3O2. The summed E-state index contributed by atoms with van der Waals surface area (Å²) < 4.78 is 5.06. The van der Waals surface area contributed by atoms with Crippen LogP contribution in [-0.2, 0) is 0 Å². The van der Waals surface area contributed by atoms with Gasteiger partial charge in [0.05, 0.1) is 12.7 Å². The highest BCUT2D eigenvalue weighted by atomic mass is 16.5. The minimum absolute atomic E-state index is 0.0637. The van der Waals surface area contributed by atoms with Crippen molar-refractivity contribution in [3.8, 4) is 5.75 Å². The number of benzene rings is 1. The van der Waals surface area contributed by atoms with Gasteiger partial charge in [-0.05, 0) is 32.1 Å². The zero-order chi connectivity index (χ0) is 13.5. The van der Waals surface area contributed by atoms with E-state index < -0.39 is 0 Å². The molecule has 5 heteroatoms. The second kappa shape index (κ2) is 6.86. The highest BCUT2D eigenvalue weighted by molar-refractivity contribution is 5.99. The Labute approximate surface area is 108 Å². The molecule has 18 heavy (non-hydrogen) atoms. The molecule has 1 aromatic rings. The standard InChI is InChI=1S/C13H21N3O2/c1-15-7-4-8-16(2)13(17)11-6-5-10(18-3)9-12(11)14/h5-6,9,15H,4,7-8,14H2,1-3H3. The van der Waals surface area contributed by atoms with E-state index in [2.05, 4.69) is 5.32 Å². The van der Waals surface area contributed by atoms with Crippen LogP contribution in [0.25, 0.3) is 0 Å². The number of nitrogens with one attached hydrogen (secondary N) is 1. The summed E-state index contributed by atoms with van der Waals surface area (Å²) in [5, 5.41) is 3.05. The van der Waals surface area contributed by atoms with Gasteiger partial charge in [-0.3, -0.25) is 4.79 Å². The van der Waals surface area contributed by atoms with Gasteiger partial charge < -0.3 is 20.7 Å². The first-order valence-corrected chi connectivity index (χ1v) is 5.93. The van der Waals surface area contributed by atoms with Crippen molar-refractivity contribution in [1.29, 1.82) is 0 Å². The second-order valence-corrected chi connectivity index (χ2v) is 4.14. The third-order valence-electron chi connectivity index (χ3n) is 2.76. The van der Waals surface area contributed by atoms with Gasteiger partial charge in [0, 0.05) is 25.3 Å². The Balaban J connectivity index is 2.71. The topological polar surface area (TPSA) is 67.6 Å². The van der Waals surface area contributed by atoms with Crippen molar-refractivity contribution in [3.63, 3.8) is 0 Å². The van der Waals surface area contributed by atoms with E-state index >= 15 is 0 Å². The van der Waals surface area contributed by atoms with Gasteiger partial charge in [0.2, 0.25) is 0 Å². The van der Waals surface area contributed by atoms with Crippen LogP contribution in [0.2, 0.25) is 0 Å². The van der Waals surface area contributed by atoms with Crippen molar-refractivity contribution in [3.05, 3.63) is 23.8 Å². The lowest BCUT2D eigenvalue weighted by Gasteiger charge is -2.18. The fourth-order valence-corrected chi connectivity index (χ4v) is 1.66. The van der Waals surface area contributed by atoms with Gasteiger partial charge in [-0.25, -0.2) is 0 Å². The number of anilines is 1. The van der Waals surface area contributed by atoms with Gasteiger partial charge in [-0.1, -0.05) is 0 Å². The zero-order valence-corrected chi connectivity index (χ0v) is 11.2. The molecule has 0 radical (unpaired) electrons. The molecule has 0 aromatic heterocycles. The van der Waals surface area contributed by atoms with Crippen LogP contribution in [0.15, 0.2) is 18.2 Å². The first kappa shape index (κ1) is 14.3. The van der Waals surface area contributed by atoms with Crippen LogP contribution in [0.1, 0.15) is 16.8 Å². The minimum Gasteiger partial charge on any atom is -0.497 e. The smallest absolute Gasteiger partial charge is 0.255 e. The summed E-state index contributed by atoms with van der Waals surface area (Å²) in [7, 11) is 5.24. The largest absolute Gasteiger partial charge is 0.497 e. The predicted molar refractivity (Wildman–Crippen MR) is 72.9 cm³/mol. The summed E-state index contributed by atoms with van der Waals surface area (Å²) in [5.41, 5.74) is 6.81. The number of hydrogen-bond acceptors (Lipinski definition) is 4. The zero-order valence-electron chi connectivity index (χ0n) is 11.2. The number of nitrogens with zero attached hydrogens (tertiary/aromatic N) is 1. The van der Waals surface area contributed by atoms with E-state index in [9.17, 15) is 4.79 Å². The fraction of sp³-hybridized carbons (Fsp3) is 0.462. The number of hydrogen-bond donors (Lipinski definition) is 2. The van der Waals surface area contributed by atoms with Gasteiger partial charge in [-0.15, -0.1) is 0 Å². The Morgan fingerprint density at radius 3 is 2.78 bits per heavy atom. The molecule has 0 bridgehead atoms. The third kappa shape index (κ3) is 3.63. The average Bonchev–Trinajstić information content (AvgIpc) is 2.38. The molecule has 1 rings (SSSR count). The maximum absolute atomic E-state index is 12.1. The molecule has 0 atom stereocenters. The Morgan fingerprint density at radius 2 is 2.22 bits per heavy atom. The Morgan fingerprint density at radius 1 is 1.50 bits per heavy atom. The van der Waals surface area contributed by atoms with E-state index in [1.807, 2.05) is 7.05 Å². The van der Waals surface area contributed by atoms with Crippen molar-refractivity contribution >= 4 is 11.6 Å². The molecule has 0 aliphatic carbocycles. The van der Waals surface area contributed by atoms with Gasteiger partial charge in [0.1, 0.15) is 5.75 Å². The number of methoxy groups -OCH3 is 1. The maximum atomic E-state index is 12.1. The van der Waals surface area contributed by atoms with Crippen LogP contribution in [0.3, 0.4) is 0 Å². The first-order valence-electron chi connectivity index (χ1n) is 5.93. The Kier molecular flexibility index (Phi) is 5.45. The molecule has 0 unspecified atom stereocenters. The number of carbonyl (C=O) groups is 1. The van der Waals surface area contributed by atoms with Crippen molar-refractivity contribution in [1.82, 2.24) is 10.2 Å². The predicted octanol–water partition coefficient (Wildman–Crippen LogP) is 0.959. The van der Waals surface area contributed by atoms with E-state index in [4.69, 9.17) is 10.5 Å². The molecule has 0 spiro atoms. The summed E-state index contributed by atoms with van der Waals surface area (Å²) in [6.45, 7) is 1.58. The normalized spacial score (nSPS) is 10.2. The quantitative estimate of drug-likeness (QED) is 0.583. The van der Waals surface area contributed by atoms with E-state index in [-0.39, 0.29) is 5.91 Å². The molecule has 0 heterocycles. The number of ether oxygens (including phenoxy) is 1. The van der Waals surface area contributed by atoms with Gasteiger partial charge in [0.25, 0.3) is 5.91 Å². The van der Waals surface area contributed by atoms with Crippen LogP contribution < -0.4 is 15.8 Å². The summed E-state index contributed by atoms with van der Waals surface area (Å²) in [5.74, 6) is 0.591. The van der Waals surface area contributed by atoms with Crippen LogP contribution in [0, 0.1) is 0 Å². The van der Waals surface area contributed by atoms with E-state index in [0.717, 1.165) is 13.0 Å². The molecule has 0 fully saturated rings. The average molecular weight is 251 g/mol. The van der Waals surface area contributed by atoms with Crippen LogP contribution in [0.4, 0.5) is 5.69 Å². The molecule has 0 saturated carbocycles. The monoisotopic (exact) mass is 251 g/mol. The lowest BCUT2D eigenvalue weighted by molar-refractivity contribution is 0.0795. The lowest BCUT2D eigenvalue weighted by Crippen LogP contribution is -2.30. The van der Waals surface area contributed by atoms with Crippen LogP contribution in [-0.4, -0.2) is 45.1 Å². The number of nitrogens with two attached hydrogens (primary N) is 1. The maximum Gasteiger partial charge on any atom is 0.255 e. The molecule has 0 saturated heterocycles. The molecule has 3 N–H and O–H groups in total. The third-order valence-corrected chi connectivity index (χ3v) is 2.76. The highest BCUT2D eigenvalue weighted by Crippen LogP contribution is 2.20. The molecule has 1 aromatic carbocycles. The van der Waals surface area contributed by atoms with Crippen molar-refractivity contribution in [2.75, 3.05) is 40.0 Å². The van der Waals surface area contributed by atoms with Crippen LogP contribution >= 0.6 is 0 Å². The molecule has 0 aliphatic heterocycles. The number of nitrogen functional groups attached to an aromatic ring is 1. The van der Waals surface area contributed by atoms with Crippen LogP contribution in [0.5, 0.6) is 5.75 Å².